The zero-order chi connectivity index (χ0) is 17.0. The molecule has 2 aromatic rings. The number of benzene rings is 1. The van der Waals surface area contributed by atoms with Crippen molar-refractivity contribution >= 4 is 11.6 Å². The predicted molar refractivity (Wildman–Crippen MR) is 80.7 cm³/mol. The van der Waals surface area contributed by atoms with Crippen LogP contribution in [-0.2, 0) is 4.79 Å². The first-order chi connectivity index (χ1) is 10.9. The van der Waals surface area contributed by atoms with Crippen LogP contribution >= 0.6 is 0 Å². The summed E-state index contributed by atoms with van der Waals surface area (Å²) in [5.74, 6) is 0.0589. The summed E-state index contributed by atoms with van der Waals surface area (Å²) in [5.41, 5.74) is 1.97. The predicted octanol–water partition coefficient (Wildman–Crippen LogP) is 4.03. The first-order valence-corrected chi connectivity index (χ1v) is 7.20. The van der Waals surface area contributed by atoms with Crippen LogP contribution in [0, 0.1) is 13.8 Å². The number of ether oxygens (including phenoxy) is 1. The van der Waals surface area contributed by atoms with Crippen LogP contribution in [0.1, 0.15) is 36.3 Å². The van der Waals surface area contributed by atoms with E-state index in [1.807, 2.05) is 6.92 Å². The van der Waals surface area contributed by atoms with Crippen molar-refractivity contribution in [3.63, 3.8) is 0 Å². The van der Waals surface area contributed by atoms with E-state index in [4.69, 9.17) is 4.52 Å². The number of hydrogen-bond donors (Lipinski definition) is 1. The second-order valence-corrected chi connectivity index (χ2v) is 5.09. The highest BCUT2D eigenvalue weighted by atomic mass is 19.3. The third kappa shape index (κ3) is 4.06. The van der Waals surface area contributed by atoms with E-state index in [1.165, 1.54) is 24.3 Å². The van der Waals surface area contributed by atoms with Crippen LogP contribution in [-0.4, -0.2) is 17.7 Å². The van der Waals surface area contributed by atoms with Gasteiger partial charge in [-0.3, -0.25) is 4.79 Å². The molecule has 1 aromatic heterocycles. The lowest BCUT2D eigenvalue weighted by Gasteiger charge is -2.15. The standard InChI is InChI=1S/C16H18F2N2O3/c1-4-13(14-9(2)20-23-10(14)3)15(21)19-11-5-7-12(8-6-11)22-16(17)18/h5-8,13,16H,4H2,1-3H3,(H,19,21). The molecular formula is C16H18F2N2O3. The molecule has 1 atom stereocenters. The maximum Gasteiger partial charge on any atom is 0.387 e. The molecule has 1 unspecified atom stereocenters. The summed E-state index contributed by atoms with van der Waals surface area (Å²) in [4.78, 5) is 12.5. The van der Waals surface area contributed by atoms with Crippen LogP contribution < -0.4 is 10.1 Å². The van der Waals surface area contributed by atoms with Crippen LogP contribution in [0.3, 0.4) is 0 Å². The number of aryl methyl sites for hydroxylation is 2. The third-order valence-corrected chi connectivity index (χ3v) is 3.51. The van der Waals surface area contributed by atoms with Gasteiger partial charge in [0.15, 0.2) is 0 Å². The molecule has 0 aliphatic heterocycles. The molecule has 23 heavy (non-hydrogen) atoms. The number of alkyl halides is 2. The minimum atomic E-state index is -2.88. The molecule has 1 N–H and O–H groups in total. The molecular weight excluding hydrogens is 306 g/mol. The molecule has 0 bridgehead atoms. The van der Waals surface area contributed by atoms with Gasteiger partial charge in [0.1, 0.15) is 11.5 Å². The number of amides is 1. The fraction of sp³-hybridized carbons (Fsp3) is 0.375. The van der Waals surface area contributed by atoms with Gasteiger partial charge in [-0.1, -0.05) is 12.1 Å². The number of carbonyl (C=O) groups is 1. The Morgan fingerprint density at radius 3 is 2.43 bits per heavy atom. The second kappa shape index (κ2) is 7.21. The molecule has 124 valence electrons. The SMILES string of the molecule is CCC(C(=O)Nc1ccc(OC(F)F)cc1)c1c(C)noc1C. The first kappa shape index (κ1) is 16.9. The third-order valence-electron chi connectivity index (χ3n) is 3.51. The van der Waals surface area contributed by atoms with Crippen molar-refractivity contribution < 1.29 is 22.8 Å². The number of anilines is 1. The largest absolute Gasteiger partial charge is 0.435 e. The van der Waals surface area contributed by atoms with Crippen LogP contribution in [0.2, 0.25) is 0 Å². The van der Waals surface area contributed by atoms with Crippen molar-refractivity contribution in [3.8, 4) is 5.75 Å². The first-order valence-electron chi connectivity index (χ1n) is 7.20. The van der Waals surface area contributed by atoms with Gasteiger partial charge in [-0.05, 0) is 44.5 Å². The molecule has 0 radical (unpaired) electrons. The smallest absolute Gasteiger partial charge is 0.387 e. The highest BCUT2D eigenvalue weighted by Crippen LogP contribution is 2.28. The molecule has 5 nitrogen and oxygen atoms in total. The van der Waals surface area contributed by atoms with Crippen molar-refractivity contribution in [1.29, 1.82) is 0 Å². The molecule has 0 saturated heterocycles. The van der Waals surface area contributed by atoms with Crippen LogP contribution in [0.25, 0.3) is 0 Å². The summed E-state index contributed by atoms with van der Waals surface area (Å²) in [6, 6.07) is 5.77. The average molecular weight is 324 g/mol. The zero-order valence-electron chi connectivity index (χ0n) is 13.1. The Bertz CT molecular complexity index is 649. The molecule has 1 heterocycles. The molecule has 0 spiro atoms. The van der Waals surface area contributed by atoms with E-state index in [1.54, 1.807) is 13.8 Å². The Kier molecular flexibility index (Phi) is 5.31. The summed E-state index contributed by atoms with van der Waals surface area (Å²) in [6.07, 6.45) is 0.585. The second-order valence-electron chi connectivity index (χ2n) is 5.09. The average Bonchev–Trinajstić information content (AvgIpc) is 2.82. The fourth-order valence-corrected chi connectivity index (χ4v) is 2.46. The molecule has 7 heteroatoms. The quantitative estimate of drug-likeness (QED) is 0.871. The lowest BCUT2D eigenvalue weighted by Crippen LogP contribution is -2.21. The van der Waals surface area contributed by atoms with E-state index in [0.717, 1.165) is 5.56 Å². The van der Waals surface area contributed by atoms with Gasteiger partial charge in [0.25, 0.3) is 0 Å². The van der Waals surface area contributed by atoms with Gasteiger partial charge >= 0.3 is 6.61 Å². The van der Waals surface area contributed by atoms with Crippen molar-refractivity contribution in [2.75, 3.05) is 5.32 Å². The minimum absolute atomic E-state index is 0.0377. The summed E-state index contributed by atoms with van der Waals surface area (Å²) >= 11 is 0. The minimum Gasteiger partial charge on any atom is -0.435 e. The van der Waals surface area contributed by atoms with E-state index >= 15 is 0 Å². The van der Waals surface area contributed by atoms with Crippen molar-refractivity contribution in [1.82, 2.24) is 5.16 Å². The molecule has 1 aromatic carbocycles. The normalized spacial score (nSPS) is 12.3. The topological polar surface area (TPSA) is 64.4 Å². The van der Waals surface area contributed by atoms with Crippen LogP contribution in [0.4, 0.5) is 14.5 Å². The Balaban J connectivity index is 2.11. The number of carbonyl (C=O) groups excluding carboxylic acids is 1. The van der Waals surface area contributed by atoms with Crippen LogP contribution in [0.15, 0.2) is 28.8 Å². The van der Waals surface area contributed by atoms with Crippen molar-refractivity contribution in [3.05, 3.63) is 41.3 Å². The molecule has 1 amide bonds. The van der Waals surface area contributed by atoms with Gasteiger partial charge in [0.05, 0.1) is 11.6 Å². The molecule has 0 fully saturated rings. The number of aromatic nitrogens is 1. The summed E-state index contributed by atoms with van der Waals surface area (Å²) in [7, 11) is 0. The lowest BCUT2D eigenvalue weighted by molar-refractivity contribution is -0.117. The number of rotatable bonds is 6. The number of halogens is 2. The van der Waals surface area contributed by atoms with Gasteiger partial charge in [0, 0.05) is 11.3 Å². The van der Waals surface area contributed by atoms with E-state index < -0.39 is 12.5 Å². The number of nitrogens with zero attached hydrogens (tertiary/aromatic N) is 1. The van der Waals surface area contributed by atoms with Gasteiger partial charge in [0.2, 0.25) is 5.91 Å². The maximum absolute atomic E-state index is 12.5. The van der Waals surface area contributed by atoms with Gasteiger partial charge < -0.3 is 14.6 Å². The van der Waals surface area contributed by atoms with Gasteiger partial charge in [-0.2, -0.15) is 8.78 Å². The summed E-state index contributed by atoms with van der Waals surface area (Å²) in [5, 5.41) is 6.64. The lowest BCUT2D eigenvalue weighted by atomic mass is 9.94. The zero-order valence-corrected chi connectivity index (χ0v) is 13.1. The highest BCUT2D eigenvalue weighted by molar-refractivity contribution is 5.96. The van der Waals surface area contributed by atoms with Crippen molar-refractivity contribution in [2.45, 2.75) is 39.7 Å². The molecule has 0 aliphatic carbocycles. The molecule has 0 saturated carbocycles. The van der Waals surface area contributed by atoms with Gasteiger partial charge in [-0.25, -0.2) is 0 Å². The number of hydrogen-bond acceptors (Lipinski definition) is 4. The van der Waals surface area contributed by atoms with E-state index in [-0.39, 0.29) is 11.7 Å². The Morgan fingerprint density at radius 2 is 1.96 bits per heavy atom. The Hall–Kier alpha value is -2.44. The van der Waals surface area contributed by atoms with Crippen LogP contribution in [0.5, 0.6) is 5.75 Å². The van der Waals surface area contributed by atoms with E-state index in [0.29, 0.717) is 23.6 Å². The number of nitrogens with one attached hydrogen (secondary N) is 1. The fourth-order valence-electron chi connectivity index (χ4n) is 2.46. The Labute approximate surface area is 132 Å². The van der Waals surface area contributed by atoms with E-state index in [2.05, 4.69) is 15.2 Å². The summed E-state index contributed by atoms with van der Waals surface area (Å²) < 4.78 is 33.6. The highest BCUT2D eigenvalue weighted by Gasteiger charge is 2.25. The van der Waals surface area contributed by atoms with Gasteiger partial charge in [-0.15, -0.1) is 0 Å². The molecule has 2 rings (SSSR count). The summed E-state index contributed by atoms with van der Waals surface area (Å²) in [6.45, 7) is 2.58. The maximum atomic E-state index is 12.5. The van der Waals surface area contributed by atoms with Crippen molar-refractivity contribution in [2.24, 2.45) is 0 Å². The van der Waals surface area contributed by atoms with E-state index in [9.17, 15) is 13.6 Å². The Morgan fingerprint density at radius 1 is 1.30 bits per heavy atom. The monoisotopic (exact) mass is 324 g/mol. The molecule has 0 aliphatic rings.